The van der Waals surface area contributed by atoms with Gasteiger partial charge in [0.25, 0.3) is 0 Å². The van der Waals surface area contributed by atoms with Crippen molar-refractivity contribution in [1.29, 1.82) is 0 Å². The number of anilines is 4. The van der Waals surface area contributed by atoms with E-state index in [2.05, 4.69) is 253 Å². The molecule has 2 aliphatic carbocycles. The Morgan fingerprint density at radius 2 is 1.01 bits per heavy atom. The second kappa shape index (κ2) is 23.6. The summed E-state index contributed by atoms with van der Waals surface area (Å²) in [6.07, 6.45) is 14.4. The van der Waals surface area contributed by atoms with Crippen LogP contribution in [0.2, 0.25) is 0 Å². The molecule has 0 spiro atoms. The van der Waals surface area contributed by atoms with Crippen molar-refractivity contribution in [3.8, 4) is 61.8 Å². The SMILES string of the molecule is CC(C)(C)c1cc(-c2cc(-c3ccccc3)cc(-c3ccc(F)cc3)c2N2CN(c3cc(Oc4ccc5c6ccccc6n(-c6cc(C(C)(C)C)ccn6)c5c4)cc(-c4c(C5CCCCC5)cccc4C4CCCCC4)c3)c3ccccc32)cc(C(C)(C)C)c1. The topological polar surface area (TPSA) is 33.5 Å². The molecule has 2 fully saturated rings. The summed E-state index contributed by atoms with van der Waals surface area (Å²) in [5.74, 6) is 3.15. The minimum absolute atomic E-state index is 0.0544. The van der Waals surface area contributed by atoms with Crippen LogP contribution in [0.15, 0.2) is 206 Å². The Hall–Kier alpha value is -8.74. The molecule has 1 aliphatic heterocycles. The normalized spacial score (nSPS) is 15.3. The van der Waals surface area contributed by atoms with Crippen molar-refractivity contribution in [1.82, 2.24) is 9.55 Å². The molecule has 454 valence electrons. The van der Waals surface area contributed by atoms with Crippen LogP contribution in [0.4, 0.5) is 27.1 Å². The zero-order valence-corrected chi connectivity index (χ0v) is 54.1. The number of halogens is 1. The summed E-state index contributed by atoms with van der Waals surface area (Å²) < 4.78 is 25.0. The lowest BCUT2D eigenvalue weighted by molar-refractivity contribution is 0.436. The van der Waals surface area contributed by atoms with Gasteiger partial charge in [0.2, 0.25) is 0 Å². The van der Waals surface area contributed by atoms with Gasteiger partial charge < -0.3 is 14.5 Å². The quantitative estimate of drug-likeness (QED) is 0.129. The van der Waals surface area contributed by atoms with Gasteiger partial charge in [-0.25, -0.2) is 9.37 Å². The Morgan fingerprint density at radius 3 is 1.66 bits per heavy atom. The van der Waals surface area contributed by atoms with Crippen molar-refractivity contribution in [2.75, 3.05) is 16.5 Å². The molecule has 0 bridgehead atoms. The molecule has 11 aromatic rings. The second-order valence-corrected chi connectivity index (χ2v) is 29.1. The number of pyridine rings is 1. The number of nitrogens with zero attached hydrogens (tertiary/aromatic N) is 4. The Kier molecular flexibility index (Phi) is 15.4. The zero-order valence-electron chi connectivity index (χ0n) is 54.1. The first-order valence-corrected chi connectivity index (χ1v) is 33.2. The van der Waals surface area contributed by atoms with Crippen LogP contribution >= 0.6 is 0 Å². The molecule has 6 heteroatoms. The summed E-state index contributed by atoms with van der Waals surface area (Å²) in [7, 11) is 0. The summed E-state index contributed by atoms with van der Waals surface area (Å²) in [5.41, 5.74) is 22.0. The summed E-state index contributed by atoms with van der Waals surface area (Å²) in [6, 6.07) is 72.9. The number of benzene rings is 9. The first-order valence-electron chi connectivity index (χ1n) is 33.2. The fourth-order valence-electron chi connectivity index (χ4n) is 14.8. The summed E-state index contributed by atoms with van der Waals surface area (Å²) in [4.78, 5) is 10.1. The van der Waals surface area contributed by atoms with E-state index < -0.39 is 0 Å². The molecule has 5 nitrogen and oxygen atoms in total. The smallest absolute Gasteiger partial charge is 0.137 e. The van der Waals surface area contributed by atoms with E-state index in [0.717, 1.165) is 89.9 Å². The van der Waals surface area contributed by atoms with E-state index in [0.29, 0.717) is 18.5 Å². The number of rotatable bonds is 11. The molecule has 0 unspecified atom stereocenters. The molecule has 0 saturated heterocycles. The van der Waals surface area contributed by atoms with Crippen LogP contribution in [0.25, 0.3) is 72.1 Å². The maximum absolute atomic E-state index is 15.2. The van der Waals surface area contributed by atoms with E-state index in [9.17, 15) is 0 Å². The average Bonchev–Trinajstić information content (AvgIpc) is 1.50. The third-order valence-electron chi connectivity index (χ3n) is 19.8. The first-order chi connectivity index (χ1) is 43.4. The molecule has 0 amide bonds. The van der Waals surface area contributed by atoms with E-state index in [-0.39, 0.29) is 22.1 Å². The monoisotopic (exact) mass is 1180 g/mol. The number of hydrogen-bond acceptors (Lipinski definition) is 4. The number of fused-ring (bicyclic) bond motifs is 4. The lowest BCUT2D eigenvalue weighted by Gasteiger charge is -2.31. The second-order valence-electron chi connectivity index (χ2n) is 29.1. The third kappa shape index (κ3) is 11.4. The first kappa shape index (κ1) is 58.9. The van der Waals surface area contributed by atoms with Crippen molar-refractivity contribution in [2.45, 2.75) is 155 Å². The molecule has 0 radical (unpaired) electrons. The van der Waals surface area contributed by atoms with Gasteiger partial charge >= 0.3 is 0 Å². The van der Waals surface area contributed by atoms with Crippen molar-refractivity contribution < 1.29 is 9.13 Å². The molecule has 0 atom stereocenters. The van der Waals surface area contributed by atoms with Crippen LogP contribution < -0.4 is 14.5 Å². The Bertz CT molecular complexity index is 4400. The average molecular weight is 1190 g/mol. The summed E-state index contributed by atoms with van der Waals surface area (Å²) in [5, 5.41) is 2.33. The number of ether oxygens (including phenoxy) is 1. The molecular formula is C84H85FN4O. The van der Waals surface area contributed by atoms with Crippen molar-refractivity contribution >= 4 is 44.6 Å². The predicted octanol–water partition coefficient (Wildman–Crippen LogP) is 24.0. The van der Waals surface area contributed by atoms with Gasteiger partial charge in [0, 0.05) is 45.9 Å². The van der Waals surface area contributed by atoms with E-state index >= 15 is 4.39 Å². The van der Waals surface area contributed by atoms with Crippen LogP contribution in [0.5, 0.6) is 11.5 Å². The van der Waals surface area contributed by atoms with Gasteiger partial charge in [0.1, 0.15) is 29.8 Å². The third-order valence-corrected chi connectivity index (χ3v) is 19.8. The van der Waals surface area contributed by atoms with Gasteiger partial charge in [-0.1, -0.05) is 210 Å². The van der Waals surface area contributed by atoms with Gasteiger partial charge in [0.15, 0.2) is 0 Å². The van der Waals surface area contributed by atoms with E-state index in [1.165, 1.54) is 109 Å². The van der Waals surface area contributed by atoms with Crippen LogP contribution in [-0.2, 0) is 16.2 Å². The van der Waals surface area contributed by atoms with E-state index in [4.69, 9.17) is 9.72 Å². The highest BCUT2D eigenvalue weighted by atomic mass is 19.1. The van der Waals surface area contributed by atoms with Crippen LogP contribution in [0, 0.1) is 5.82 Å². The van der Waals surface area contributed by atoms with Gasteiger partial charge in [-0.3, -0.25) is 4.57 Å². The Balaban J connectivity index is 0.989. The molecule has 9 aromatic carbocycles. The Labute approximate surface area is 533 Å². The largest absolute Gasteiger partial charge is 0.457 e. The van der Waals surface area contributed by atoms with Crippen molar-refractivity contribution in [2.24, 2.45) is 0 Å². The minimum atomic E-state index is -0.259. The lowest BCUT2D eigenvalue weighted by Crippen LogP contribution is -2.25. The maximum Gasteiger partial charge on any atom is 0.137 e. The lowest BCUT2D eigenvalue weighted by atomic mass is 9.75. The maximum atomic E-state index is 15.2. The van der Waals surface area contributed by atoms with E-state index in [1.807, 2.05) is 18.3 Å². The summed E-state index contributed by atoms with van der Waals surface area (Å²) in [6.45, 7) is 21.2. The fraction of sp³-hybridized carbons (Fsp3) is 0.298. The predicted molar refractivity (Wildman–Crippen MR) is 377 cm³/mol. The van der Waals surface area contributed by atoms with Crippen molar-refractivity contribution in [3.63, 3.8) is 0 Å². The van der Waals surface area contributed by atoms with Crippen LogP contribution in [-0.4, -0.2) is 16.2 Å². The number of aromatic nitrogens is 2. The number of para-hydroxylation sites is 3. The highest BCUT2D eigenvalue weighted by Crippen LogP contribution is 2.54. The highest BCUT2D eigenvalue weighted by Gasteiger charge is 2.35. The minimum Gasteiger partial charge on any atom is -0.457 e. The molecule has 3 heterocycles. The summed E-state index contributed by atoms with van der Waals surface area (Å²) >= 11 is 0. The molecule has 90 heavy (non-hydrogen) atoms. The molecule has 14 rings (SSSR count). The number of hydrogen-bond donors (Lipinski definition) is 0. The van der Waals surface area contributed by atoms with Crippen LogP contribution in [0.3, 0.4) is 0 Å². The van der Waals surface area contributed by atoms with Gasteiger partial charge in [-0.15, -0.1) is 0 Å². The molecule has 2 saturated carbocycles. The zero-order chi connectivity index (χ0) is 62.1. The highest BCUT2D eigenvalue weighted by molar-refractivity contribution is 6.09. The molecule has 0 N–H and O–H groups in total. The Morgan fingerprint density at radius 1 is 0.422 bits per heavy atom. The van der Waals surface area contributed by atoms with Gasteiger partial charge in [-0.05, 0) is 194 Å². The van der Waals surface area contributed by atoms with Gasteiger partial charge in [-0.2, -0.15) is 0 Å². The molecule has 3 aliphatic rings. The fourth-order valence-corrected chi connectivity index (χ4v) is 14.8. The standard InChI is InChI=1S/C84H85FN4O/c1-82(2,3)62-42-43-86-79(51-62)89-75-33-20-19-30-71(75)72-41-40-67(53-78(72)89)90-68-47-61(80-69(56-26-15-11-16-27-56)31-23-32-70(80)57-28-17-12-18-29-57)46-66(52-68)87-54-88(77-35-22-21-34-76(77)87)81-73(58-36-38-65(85)39-37-58)48-59(55-24-13-10-14-25-55)49-74(81)60-44-63(83(4,5)6)50-64(45-60)84(7,8)9/h10,13-14,19-25,30-53,56-57H,11-12,15-18,26-29,54H2,1-9H3. The van der Waals surface area contributed by atoms with Gasteiger partial charge in [0.05, 0.1) is 28.1 Å². The van der Waals surface area contributed by atoms with E-state index in [1.54, 1.807) is 12.1 Å². The van der Waals surface area contributed by atoms with Crippen molar-refractivity contribution in [3.05, 3.63) is 240 Å². The molecule has 2 aromatic heterocycles. The molecular weight excluding hydrogens is 1100 g/mol. The van der Waals surface area contributed by atoms with Crippen LogP contribution in [0.1, 0.15) is 166 Å².